The summed E-state index contributed by atoms with van der Waals surface area (Å²) in [5, 5.41) is 16.9. The number of anilines is 1. The highest BCUT2D eigenvalue weighted by Gasteiger charge is 2.43. The Balaban J connectivity index is 1.11. The van der Waals surface area contributed by atoms with Gasteiger partial charge in [-0.25, -0.2) is 0 Å². The summed E-state index contributed by atoms with van der Waals surface area (Å²) in [7, 11) is 0. The second-order valence-corrected chi connectivity index (χ2v) is 8.68. The molecule has 0 bridgehead atoms. The minimum absolute atomic E-state index is 0.155. The number of benzene rings is 1. The van der Waals surface area contributed by atoms with Crippen molar-refractivity contribution < 1.29 is 13.9 Å². The van der Waals surface area contributed by atoms with Crippen molar-refractivity contribution in [1.82, 2.24) is 25.4 Å². The third kappa shape index (κ3) is 3.89. The SMILES string of the molecule is O=C1CC2(CCN(c3ccc(-c4nnc(Cc5ccncc5)o4)nn3)CC2)Oc2ccccc21. The van der Waals surface area contributed by atoms with Gasteiger partial charge in [-0.1, -0.05) is 12.1 Å². The van der Waals surface area contributed by atoms with E-state index in [2.05, 4.69) is 30.3 Å². The van der Waals surface area contributed by atoms with Crippen LogP contribution in [0.2, 0.25) is 0 Å². The Morgan fingerprint density at radius 1 is 0.912 bits per heavy atom. The fraction of sp³-hybridized carbons (Fsp3) is 0.280. The van der Waals surface area contributed by atoms with Crippen LogP contribution >= 0.6 is 0 Å². The average Bonchev–Trinajstić information content (AvgIpc) is 3.34. The first-order chi connectivity index (χ1) is 16.7. The highest BCUT2D eigenvalue weighted by atomic mass is 16.5. The molecule has 1 spiro atoms. The number of piperidine rings is 1. The molecule has 0 atom stereocenters. The first-order valence-electron chi connectivity index (χ1n) is 11.3. The zero-order valence-corrected chi connectivity index (χ0v) is 18.4. The lowest BCUT2D eigenvalue weighted by molar-refractivity contribution is 0.0231. The average molecular weight is 454 g/mol. The summed E-state index contributed by atoms with van der Waals surface area (Å²) in [5.41, 5.74) is 1.82. The Morgan fingerprint density at radius 2 is 1.74 bits per heavy atom. The number of aromatic nitrogens is 5. The second kappa shape index (κ2) is 8.33. The van der Waals surface area contributed by atoms with E-state index in [4.69, 9.17) is 9.15 Å². The Morgan fingerprint density at radius 3 is 2.53 bits per heavy atom. The van der Waals surface area contributed by atoms with Crippen molar-refractivity contribution in [3.63, 3.8) is 0 Å². The van der Waals surface area contributed by atoms with E-state index in [9.17, 15) is 4.79 Å². The molecule has 0 N–H and O–H groups in total. The summed E-state index contributed by atoms with van der Waals surface area (Å²) in [6, 6.07) is 15.1. The summed E-state index contributed by atoms with van der Waals surface area (Å²) in [6.07, 6.45) is 5.91. The Labute approximate surface area is 195 Å². The van der Waals surface area contributed by atoms with Gasteiger partial charge in [-0.05, 0) is 42.0 Å². The van der Waals surface area contributed by atoms with E-state index in [1.807, 2.05) is 48.5 Å². The quantitative estimate of drug-likeness (QED) is 0.458. The van der Waals surface area contributed by atoms with E-state index in [1.54, 1.807) is 12.4 Å². The van der Waals surface area contributed by atoms with Crippen molar-refractivity contribution >= 4 is 11.6 Å². The molecule has 1 saturated heterocycles. The molecule has 9 nitrogen and oxygen atoms in total. The first-order valence-corrected chi connectivity index (χ1v) is 11.3. The Hall–Kier alpha value is -4.14. The van der Waals surface area contributed by atoms with Gasteiger partial charge in [0.15, 0.2) is 11.6 Å². The lowest BCUT2D eigenvalue weighted by atomic mass is 9.82. The third-order valence-corrected chi connectivity index (χ3v) is 6.44. The van der Waals surface area contributed by atoms with Crippen LogP contribution in [0, 0.1) is 0 Å². The lowest BCUT2D eigenvalue weighted by Gasteiger charge is -2.44. The number of ketones is 1. The van der Waals surface area contributed by atoms with Crippen LogP contribution in [0.1, 0.15) is 41.1 Å². The molecule has 0 amide bonds. The molecular formula is C25H22N6O3. The van der Waals surface area contributed by atoms with Crippen LogP contribution in [-0.2, 0) is 6.42 Å². The molecule has 1 fully saturated rings. The fourth-order valence-corrected chi connectivity index (χ4v) is 4.58. The van der Waals surface area contributed by atoms with Crippen LogP contribution in [0.5, 0.6) is 5.75 Å². The maximum absolute atomic E-state index is 12.6. The normalized spacial score (nSPS) is 16.8. The number of hydrogen-bond donors (Lipinski definition) is 0. The van der Waals surface area contributed by atoms with Crippen LogP contribution in [-0.4, -0.2) is 49.9 Å². The number of hydrogen-bond acceptors (Lipinski definition) is 9. The third-order valence-electron chi connectivity index (χ3n) is 6.44. The van der Waals surface area contributed by atoms with E-state index in [0.717, 1.165) is 37.3 Å². The van der Waals surface area contributed by atoms with Gasteiger partial charge in [0.2, 0.25) is 5.89 Å². The van der Waals surface area contributed by atoms with Crippen LogP contribution < -0.4 is 9.64 Å². The molecule has 5 heterocycles. The number of carbonyl (C=O) groups is 1. The number of fused-ring (bicyclic) bond motifs is 1. The summed E-state index contributed by atoms with van der Waals surface area (Å²) < 4.78 is 12.1. The monoisotopic (exact) mass is 454 g/mol. The first kappa shape index (κ1) is 20.5. The topological polar surface area (TPSA) is 107 Å². The molecule has 1 aromatic carbocycles. The zero-order chi connectivity index (χ0) is 23.0. The molecule has 2 aliphatic heterocycles. The predicted molar refractivity (Wildman–Crippen MR) is 123 cm³/mol. The molecule has 4 aromatic rings. The van der Waals surface area contributed by atoms with Crippen LogP contribution in [0.25, 0.3) is 11.6 Å². The number of ether oxygens (including phenoxy) is 1. The molecule has 9 heteroatoms. The maximum atomic E-state index is 12.6. The number of nitrogens with zero attached hydrogens (tertiary/aromatic N) is 6. The van der Waals surface area contributed by atoms with Crippen LogP contribution in [0.4, 0.5) is 5.82 Å². The molecule has 0 unspecified atom stereocenters. The van der Waals surface area contributed by atoms with E-state index in [-0.39, 0.29) is 5.78 Å². The molecule has 6 rings (SSSR count). The summed E-state index contributed by atoms with van der Waals surface area (Å²) in [4.78, 5) is 18.8. The van der Waals surface area contributed by atoms with Crippen molar-refractivity contribution in [3.8, 4) is 17.3 Å². The van der Waals surface area contributed by atoms with Crippen LogP contribution in [0.15, 0.2) is 65.3 Å². The van der Waals surface area contributed by atoms with Gasteiger partial charge in [-0.3, -0.25) is 9.78 Å². The predicted octanol–water partition coefficient (Wildman–Crippen LogP) is 3.52. The number of para-hydroxylation sites is 1. The van der Waals surface area contributed by atoms with Crippen molar-refractivity contribution in [2.45, 2.75) is 31.3 Å². The highest BCUT2D eigenvalue weighted by Crippen LogP contribution is 2.39. The van der Waals surface area contributed by atoms with Gasteiger partial charge in [0.05, 0.1) is 18.4 Å². The largest absolute Gasteiger partial charge is 0.486 e. The van der Waals surface area contributed by atoms with E-state index in [1.165, 1.54) is 0 Å². The molecule has 3 aromatic heterocycles. The van der Waals surface area contributed by atoms with Gasteiger partial charge in [0, 0.05) is 38.3 Å². The molecule has 0 radical (unpaired) electrons. The molecule has 2 aliphatic rings. The van der Waals surface area contributed by atoms with E-state index >= 15 is 0 Å². The Bertz CT molecular complexity index is 1310. The number of Topliss-reactive ketones (excluding diaryl/α,β-unsaturated/α-hetero) is 1. The maximum Gasteiger partial charge on any atom is 0.268 e. The summed E-state index contributed by atoms with van der Waals surface area (Å²) in [5.74, 6) is 2.48. The molecule has 34 heavy (non-hydrogen) atoms. The van der Waals surface area contributed by atoms with E-state index in [0.29, 0.717) is 41.6 Å². The van der Waals surface area contributed by atoms with Gasteiger partial charge >= 0.3 is 0 Å². The van der Waals surface area contributed by atoms with Gasteiger partial charge in [0.25, 0.3) is 5.89 Å². The second-order valence-electron chi connectivity index (χ2n) is 8.68. The minimum atomic E-state index is -0.440. The molecular weight excluding hydrogens is 432 g/mol. The summed E-state index contributed by atoms with van der Waals surface area (Å²) >= 11 is 0. The van der Waals surface area contributed by atoms with Crippen molar-refractivity contribution in [3.05, 3.63) is 77.9 Å². The van der Waals surface area contributed by atoms with E-state index < -0.39 is 5.60 Å². The van der Waals surface area contributed by atoms with Crippen LogP contribution in [0.3, 0.4) is 0 Å². The van der Waals surface area contributed by atoms with Gasteiger partial charge in [-0.15, -0.1) is 20.4 Å². The molecule has 170 valence electrons. The number of rotatable bonds is 4. The highest BCUT2D eigenvalue weighted by molar-refractivity contribution is 6.00. The molecule has 0 aliphatic carbocycles. The Kier molecular flexibility index (Phi) is 5.01. The minimum Gasteiger partial charge on any atom is -0.486 e. The smallest absolute Gasteiger partial charge is 0.268 e. The number of carbonyl (C=O) groups excluding carboxylic acids is 1. The number of pyridine rings is 1. The van der Waals surface area contributed by atoms with Gasteiger partial charge in [0.1, 0.15) is 17.0 Å². The van der Waals surface area contributed by atoms with Crippen molar-refractivity contribution in [2.75, 3.05) is 18.0 Å². The van der Waals surface area contributed by atoms with Gasteiger partial charge < -0.3 is 14.1 Å². The fourth-order valence-electron chi connectivity index (χ4n) is 4.58. The van der Waals surface area contributed by atoms with Gasteiger partial charge in [-0.2, -0.15) is 0 Å². The lowest BCUT2D eigenvalue weighted by Crippen LogP contribution is -2.51. The zero-order valence-electron chi connectivity index (χ0n) is 18.4. The molecule has 0 saturated carbocycles. The summed E-state index contributed by atoms with van der Waals surface area (Å²) in [6.45, 7) is 1.47. The van der Waals surface area contributed by atoms with Crippen molar-refractivity contribution in [2.24, 2.45) is 0 Å². The van der Waals surface area contributed by atoms with Crippen molar-refractivity contribution in [1.29, 1.82) is 0 Å². The standard InChI is InChI=1S/C25H22N6O3/c32-20-16-25(34-21-4-2-1-3-18(20)21)9-13-31(14-10-25)22-6-5-19(27-28-22)24-30-29-23(33-24)15-17-7-11-26-12-8-17/h1-8,11-12H,9-10,13-16H2.